The molecule has 0 unspecified atom stereocenters. The third-order valence-corrected chi connectivity index (χ3v) is 5.45. The predicted molar refractivity (Wildman–Crippen MR) is 127 cm³/mol. The molecule has 1 heterocycles. The summed E-state index contributed by atoms with van der Waals surface area (Å²) in [6.07, 6.45) is 0. The van der Waals surface area contributed by atoms with Crippen LogP contribution >= 0.6 is 24.8 Å². The van der Waals surface area contributed by atoms with Gasteiger partial charge in [-0.2, -0.15) is 0 Å². The molecule has 1 aromatic carbocycles. The molecule has 28 heavy (non-hydrogen) atoms. The fourth-order valence-electron chi connectivity index (χ4n) is 4.02. The fourth-order valence-corrected chi connectivity index (χ4v) is 4.02. The Kier molecular flexibility index (Phi) is 9.39. The fraction of sp³-hybridized carbons (Fsp3) is 0.739. The molecule has 0 saturated carbocycles. The highest BCUT2D eigenvalue weighted by Gasteiger charge is 2.36. The van der Waals surface area contributed by atoms with Gasteiger partial charge in [-0.3, -0.25) is 4.90 Å². The number of hydrogen-bond acceptors (Lipinski definition) is 3. The maximum Gasteiger partial charge on any atom is 0.124 e. The SMILES string of the molecule is CC(C)(C)c1cc([C@H](N2CCNCC2)C(C)(C)C)c(O)c(C(C)(C)C)c1.Cl.Cl. The highest BCUT2D eigenvalue weighted by molar-refractivity contribution is 5.85. The average Bonchev–Trinajstić information content (AvgIpc) is 2.46. The van der Waals surface area contributed by atoms with Crippen molar-refractivity contribution in [3.05, 3.63) is 28.8 Å². The molecule has 0 bridgehead atoms. The number of aromatic hydroxyl groups is 1. The lowest BCUT2D eigenvalue weighted by atomic mass is 9.74. The van der Waals surface area contributed by atoms with Gasteiger partial charge in [0.1, 0.15) is 5.75 Å². The summed E-state index contributed by atoms with van der Waals surface area (Å²) in [5, 5.41) is 14.8. The Bertz CT molecular complexity index is 634. The van der Waals surface area contributed by atoms with Crippen LogP contribution in [0.15, 0.2) is 12.1 Å². The molecule has 2 rings (SSSR count). The average molecular weight is 434 g/mol. The summed E-state index contributed by atoms with van der Waals surface area (Å²) in [6, 6.07) is 4.69. The van der Waals surface area contributed by atoms with Crippen LogP contribution in [0.1, 0.15) is 85.0 Å². The van der Waals surface area contributed by atoms with E-state index in [4.69, 9.17) is 0 Å². The van der Waals surface area contributed by atoms with Crippen LogP contribution in [0.5, 0.6) is 5.75 Å². The molecule has 1 aromatic rings. The molecule has 0 amide bonds. The number of benzene rings is 1. The second-order valence-electron chi connectivity index (χ2n) is 11.0. The zero-order chi connectivity index (χ0) is 19.9. The van der Waals surface area contributed by atoms with Gasteiger partial charge in [-0.15, -0.1) is 24.8 Å². The number of nitrogens with zero attached hydrogens (tertiary/aromatic N) is 1. The van der Waals surface area contributed by atoms with E-state index in [1.165, 1.54) is 5.56 Å². The van der Waals surface area contributed by atoms with Crippen LogP contribution in [0.3, 0.4) is 0 Å². The summed E-state index contributed by atoms with van der Waals surface area (Å²) in [6.45, 7) is 24.3. The second-order valence-corrected chi connectivity index (χ2v) is 11.0. The van der Waals surface area contributed by atoms with Gasteiger partial charge in [0.2, 0.25) is 0 Å². The first-order valence-corrected chi connectivity index (χ1v) is 10.1. The van der Waals surface area contributed by atoms with Gasteiger partial charge < -0.3 is 10.4 Å². The summed E-state index contributed by atoms with van der Waals surface area (Å²) < 4.78 is 0. The molecule has 1 saturated heterocycles. The van der Waals surface area contributed by atoms with Crippen molar-refractivity contribution < 1.29 is 5.11 Å². The van der Waals surface area contributed by atoms with E-state index in [0.717, 1.165) is 37.3 Å². The lowest BCUT2D eigenvalue weighted by Gasteiger charge is -2.43. The summed E-state index contributed by atoms with van der Waals surface area (Å²) in [7, 11) is 0. The van der Waals surface area contributed by atoms with Crippen LogP contribution in [0.4, 0.5) is 0 Å². The van der Waals surface area contributed by atoms with Crippen LogP contribution in [-0.2, 0) is 10.8 Å². The molecular formula is C23H42Cl2N2O. The van der Waals surface area contributed by atoms with Crippen molar-refractivity contribution in [2.45, 2.75) is 79.2 Å². The Hall–Kier alpha value is -0.480. The number of halogens is 2. The predicted octanol–water partition coefficient (Wildman–Crippen LogP) is 5.82. The molecule has 0 aromatic heterocycles. The lowest BCUT2D eigenvalue weighted by Crippen LogP contribution is -2.48. The molecule has 1 aliphatic rings. The molecule has 2 N–H and O–H groups in total. The highest BCUT2D eigenvalue weighted by Crippen LogP contribution is 2.46. The molecular weight excluding hydrogens is 391 g/mol. The molecule has 3 nitrogen and oxygen atoms in total. The lowest BCUT2D eigenvalue weighted by molar-refractivity contribution is 0.0839. The van der Waals surface area contributed by atoms with Gasteiger partial charge in [-0.05, 0) is 33.4 Å². The molecule has 0 radical (unpaired) electrons. The van der Waals surface area contributed by atoms with E-state index in [2.05, 4.69) is 84.7 Å². The van der Waals surface area contributed by atoms with Gasteiger partial charge in [0.05, 0.1) is 0 Å². The minimum atomic E-state index is -0.0913. The minimum absolute atomic E-state index is 0. The van der Waals surface area contributed by atoms with Gasteiger partial charge in [0.15, 0.2) is 0 Å². The summed E-state index contributed by atoms with van der Waals surface area (Å²) >= 11 is 0. The van der Waals surface area contributed by atoms with Gasteiger partial charge in [0, 0.05) is 37.8 Å². The highest BCUT2D eigenvalue weighted by atomic mass is 35.5. The van der Waals surface area contributed by atoms with E-state index in [9.17, 15) is 5.11 Å². The van der Waals surface area contributed by atoms with E-state index in [1.54, 1.807) is 0 Å². The summed E-state index contributed by atoms with van der Waals surface area (Å²) in [4.78, 5) is 2.55. The van der Waals surface area contributed by atoms with E-state index >= 15 is 0 Å². The van der Waals surface area contributed by atoms with Crippen LogP contribution in [0, 0.1) is 5.41 Å². The van der Waals surface area contributed by atoms with Crippen molar-refractivity contribution in [1.29, 1.82) is 0 Å². The van der Waals surface area contributed by atoms with Crippen molar-refractivity contribution in [2.24, 2.45) is 5.41 Å². The van der Waals surface area contributed by atoms with Crippen molar-refractivity contribution in [3.8, 4) is 5.75 Å². The molecule has 1 aliphatic heterocycles. The van der Waals surface area contributed by atoms with Crippen molar-refractivity contribution in [2.75, 3.05) is 26.2 Å². The van der Waals surface area contributed by atoms with Crippen LogP contribution in [0.25, 0.3) is 0 Å². The number of phenolic OH excluding ortho intramolecular Hbond substituents is 1. The van der Waals surface area contributed by atoms with Gasteiger partial charge in [-0.1, -0.05) is 68.4 Å². The third-order valence-electron chi connectivity index (χ3n) is 5.45. The molecule has 1 fully saturated rings. The molecule has 1 atom stereocenters. The Morgan fingerprint density at radius 1 is 0.857 bits per heavy atom. The largest absolute Gasteiger partial charge is 0.507 e. The maximum absolute atomic E-state index is 11.3. The normalized spacial score (nSPS) is 17.5. The first-order valence-electron chi connectivity index (χ1n) is 10.1. The molecule has 164 valence electrons. The van der Waals surface area contributed by atoms with E-state index in [-0.39, 0.29) is 47.1 Å². The number of piperazine rings is 1. The first kappa shape index (κ1) is 27.5. The van der Waals surface area contributed by atoms with Crippen LogP contribution in [0.2, 0.25) is 0 Å². The van der Waals surface area contributed by atoms with Crippen LogP contribution < -0.4 is 5.32 Å². The monoisotopic (exact) mass is 432 g/mol. The van der Waals surface area contributed by atoms with Crippen molar-refractivity contribution in [3.63, 3.8) is 0 Å². The standard InChI is InChI=1S/C23H40N2O.2ClH/c1-21(2,3)16-14-17(19(26)18(15-16)22(4,5)6)20(23(7,8)9)25-12-10-24-11-13-25;;/h14-15,20,24,26H,10-13H2,1-9H3;2*1H/t20-;;/m0../s1. The van der Waals surface area contributed by atoms with E-state index in [0.29, 0.717) is 5.75 Å². The minimum Gasteiger partial charge on any atom is -0.507 e. The number of rotatable bonds is 2. The van der Waals surface area contributed by atoms with Crippen LogP contribution in [-0.4, -0.2) is 36.2 Å². The van der Waals surface area contributed by atoms with Crippen molar-refractivity contribution >= 4 is 24.8 Å². The Labute approximate surface area is 185 Å². The van der Waals surface area contributed by atoms with Gasteiger partial charge in [-0.25, -0.2) is 0 Å². The smallest absolute Gasteiger partial charge is 0.124 e. The summed E-state index contributed by atoms with van der Waals surface area (Å²) in [5.74, 6) is 0.490. The second kappa shape index (κ2) is 9.55. The quantitative estimate of drug-likeness (QED) is 0.617. The zero-order valence-corrected chi connectivity index (χ0v) is 20.9. The van der Waals surface area contributed by atoms with Crippen molar-refractivity contribution in [1.82, 2.24) is 10.2 Å². The van der Waals surface area contributed by atoms with Gasteiger partial charge in [0.25, 0.3) is 0 Å². The number of nitrogens with one attached hydrogen (secondary N) is 1. The molecule has 0 aliphatic carbocycles. The Morgan fingerprint density at radius 3 is 1.75 bits per heavy atom. The number of hydrogen-bond donors (Lipinski definition) is 2. The molecule has 5 heteroatoms. The summed E-state index contributed by atoms with van der Waals surface area (Å²) in [5.41, 5.74) is 3.46. The maximum atomic E-state index is 11.3. The first-order chi connectivity index (χ1) is 11.7. The number of phenols is 1. The topological polar surface area (TPSA) is 35.5 Å². The van der Waals surface area contributed by atoms with E-state index < -0.39 is 0 Å². The van der Waals surface area contributed by atoms with Gasteiger partial charge >= 0.3 is 0 Å². The van der Waals surface area contributed by atoms with E-state index in [1.807, 2.05) is 0 Å². The molecule has 0 spiro atoms. The Balaban J connectivity index is 0.00000364. The zero-order valence-electron chi connectivity index (χ0n) is 19.3. The Morgan fingerprint density at radius 2 is 1.36 bits per heavy atom. The third kappa shape index (κ3) is 6.26.